The van der Waals surface area contributed by atoms with Crippen LogP contribution in [-0.4, -0.2) is 16.6 Å². The van der Waals surface area contributed by atoms with Crippen LogP contribution in [0, 0.1) is 0 Å². The van der Waals surface area contributed by atoms with Gasteiger partial charge in [0, 0.05) is 9.37 Å². The second kappa shape index (κ2) is 7.35. The lowest BCUT2D eigenvalue weighted by Crippen LogP contribution is -2.12. The molecule has 0 fully saturated rings. The van der Waals surface area contributed by atoms with Crippen LogP contribution in [-0.2, 0) is 0 Å². The Hall–Kier alpha value is -1.22. The molecule has 1 amide bonds. The second-order valence-electron chi connectivity index (χ2n) is 4.61. The summed E-state index contributed by atoms with van der Waals surface area (Å²) in [6.45, 7) is 0. The predicted molar refractivity (Wildman–Crippen MR) is 98.6 cm³/mol. The highest BCUT2D eigenvalue weighted by Crippen LogP contribution is 2.33. The van der Waals surface area contributed by atoms with Gasteiger partial charge in [0.1, 0.15) is 0 Å². The van der Waals surface area contributed by atoms with Gasteiger partial charge in [0.15, 0.2) is 5.13 Å². The zero-order chi connectivity index (χ0) is 17.3. The highest BCUT2D eigenvalue weighted by atomic mass is 79.9. The Morgan fingerprint density at radius 1 is 1.29 bits per heavy atom. The van der Waals surface area contributed by atoms with E-state index in [0.717, 1.165) is 9.17 Å². The van der Waals surface area contributed by atoms with E-state index in [-0.39, 0.29) is 5.91 Å². The third kappa shape index (κ3) is 4.05. The minimum atomic E-state index is -2.48. The standard InChI is InChI=1S/C15H8BrClF2N2OS2/c16-7-1-3-10(17)9(5-7)13(22)21-15-20-11-4-2-8(23-14(18)19)6-12(11)24-15/h1-6,14H,(H,20,21,22). The Morgan fingerprint density at radius 2 is 2.08 bits per heavy atom. The van der Waals surface area contributed by atoms with E-state index in [4.69, 9.17) is 11.6 Å². The summed E-state index contributed by atoms with van der Waals surface area (Å²) in [6.07, 6.45) is 0. The number of carbonyl (C=O) groups excluding carboxylic acids is 1. The number of nitrogens with one attached hydrogen (secondary N) is 1. The van der Waals surface area contributed by atoms with E-state index in [1.54, 1.807) is 36.4 Å². The van der Waals surface area contributed by atoms with Gasteiger partial charge in [-0.15, -0.1) is 0 Å². The van der Waals surface area contributed by atoms with Crippen LogP contribution in [0.25, 0.3) is 10.2 Å². The van der Waals surface area contributed by atoms with Gasteiger partial charge in [0.05, 0.1) is 20.8 Å². The Morgan fingerprint density at radius 3 is 2.83 bits per heavy atom. The van der Waals surface area contributed by atoms with Crippen LogP contribution in [0.2, 0.25) is 5.02 Å². The quantitative estimate of drug-likeness (QED) is 0.477. The number of nitrogens with zero attached hydrogens (tertiary/aromatic N) is 1. The van der Waals surface area contributed by atoms with Crippen molar-refractivity contribution in [2.45, 2.75) is 10.7 Å². The molecule has 124 valence electrons. The maximum Gasteiger partial charge on any atom is 0.288 e. The summed E-state index contributed by atoms with van der Waals surface area (Å²) in [7, 11) is 0. The molecule has 1 N–H and O–H groups in total. The average molecular weight is 450 g/mol. The number of thiazole rings is 1. The summed E-state index contributed by atoms with van der Waals surface area (Å²) in [5, 5.41) is 3.39. The van der Waals surface area contributed by atoms with Gasteiger partial charge in [-0.1, -0.05) is 50.6 Å². The van der Waals surface area contributed by atoms with Gasteiger partial charge in [-0.05, 0) is 36.4 Å². The van der Waals surface area contributed by atoms with Crippen LogP contribution in [0.4, 0.5) is 13.9 Å². The smallest absolute Gasteiger partial charge is 0.288 e. The Balaban J connectivity index is 1.84. The zero-order valence-electron chi connectivity index (χ0n) is 11.7. The van der Waals surface area contributed by atoms with Crippen molar-refractivity contribution in [2.24, 2.45) is 0 Å². The van der Waals surface area contributed by atoms with Crippen LogP contribution in [0.15, 0.2) is 45.8 Å². The monoisotopic (exact) mass is 448 g/mol. The van der Waals surface area contributed by atoms with Gasteiger partial charge in [0.25, 0.3) is 11.7 Å². The summed E-state index contributed by atoms with van der Waals surface area (Å²) in [6, 6.07) is 9.83. The van der Waals surface area contributed by atoms with E-state index in [0.29, 0.717) is 37.9 Å². The van der Waals surface area contributed by atoms with E-state index in [2.05, 4.69) is 26.2 Å². The number of fused-ring (bicyclic) bond motifs is 1. The lowest BCUT2D eigenvalue weighted by Gasteiger charge is -2.04. The molecule has 0 spiro atoms. The molecule has 3 nitrogen and oxygen atoms in total. The minimum Gasteiger partial charge on any atom is -0.298 e. The van der Waals surface area contributed by atoms with Crippen molar-refractivity contribution in [2.75, 3.05) is 5.32 Å². The van der Waals surface area contributed by atoms with Crippen molar-refractivity contribution in [1.29, 1.82) is 0 Å². The molecule has 1 aromatic heterocycles. The van der Waals surface area contributed by atoms with Gasteiger partial charge in [-0.3, -0.25) is 10.1 Å². The van der Waals surface area contributed by atoms with Crippen LogP contribution < -0.4 is 5.32 Å². The number of hydrogen-bond acceptors (Lipinski definition) is 4. The van der Waals surface area contributed by atoms with Crippen molar-refractivity contribution >= 4 is 71.9 Å². The van der Waals surface area contributed by atoms with Crippen molar-refractivity contribution in [3.8, 4) is 0 Å². The number of alkyl halides is 2. The first-order chi connectivity index (χ1) is 11.4. The van der Waals surface area contributed by atoms with E-state index >= 15 is 0 Å². The molecule has 2 aromatic carbocycles. The molecule has 24 heavy (non-hydrogen) atoms. The topological polar surface area (TPSA) is 42.0 Å². The molecule has 3 aromatic rings. The number of hydrogen-bond donors (Lipinski definition) is 1. The summed E-state index contributed by atoms with van der Waals surface area (Å²) >= 11 is 11.0. The Bertz CT molecular complexity index is 920. The van der Waals surface area contributed by atoms with Gasteiger partial charge < -0.3 is 0 Å². The highest BCUT2D eigenvalue weighted by molar-refractivity contribution is 9.10. The van der Waals surface area contributed by atoms with Crippen molar-refractivity contribution < 1.29 is 13.6 Å². The summed E-state index contributed by atoms with van der Waals surface area (Å²) < 4.78 is 26.3. The molecule has 0 saturated carbocycles. The fourth-order valence-electron chi connectivity index (χ4n) is 1.97. The molecule has 0 saturated heterocycles. The molecule has 0 aliphatic rings. The maximum atomic E-state index is 12.4. The van der Waals surface area contributed by atoms with Gasteiger partial charge in [-0.2, -0.15) is 8.78 Å². The molecule has 0 bridgehead atoms. The lowest BCUT2D eigenvalue weighted by atomic mass is 10.2. The Labute approximate surface area is 157 Å². The number of thioether (sulfide) groups is 1. The number of anilines is 1. The normalized spacial score (nSPS) is 11.2. The third-order valence-electron chi connectivity index (χ3n) is 2.98. The van der Waals surface area contributed by atoms with Crippen LogP contribution >= 0.6 is 50.6 Å². The summed E-state index contributed by atoms with van der Waals surface area (Å²) in [5.41, 5.74) is 0.952. The fraction of sp³-hybridized carbons (Fsp3) is 0.0667. The van der Waals surface area contributed by atoms with Gasteiger partial charge in [0.2, 0.25) is 0 Å². The van der Waals surface area contributed by atoms with Gasteiger partial charge >= 0.3 is 0 Å². The SMILES string of the molecule is O=C(Nc1nc2ccc(SC(F)F)cc2s1)c1cc(Br)ccc1Cl. The number of benzene rings is 2. The number of halogens is 4. The second-order valence-corrected chi connectivity index (χ2v) is 8.02. The number of aromatic nitrogens is 1. The molecular formula is C15H8BrClF2N2OS2. The van der Waals surface area contributed by atoms with E-state index in [1.807, 2.05) is 0 Å². The van der Waals surface area contributed by atoms with Crippen molar-refractivity contribution in [1.82, 2.24) is 4.98 Å². The average Bonchev–Trinajstić information content (AvgIpc) is 2.90. The zero-order valence-corrected chi connectivity index (χ0v) is 15.7. The maximum absolute atomic E-state index is 12.4. The molecule has 3 rings (SSSR count). The van der Waals surface area contributed by atoms with Crippen LogP contribution in [0.1, 0.15) is 10.4 Å². The lowest BCUT2D eigenvalue weighted by molar-refractivity contribution is 0.102. The summed E-state index contributed by atoms with van der Waals surface area (Å²) in [4.78, 5) is 17.1. The highest BCUT2D eigenvalue weighted by Gasteiger charge is 2.14. The van der Waals surface area contributed by atoms with Crippen LogP contribution in [0.3, 0.4) is 0 Å². The predicted octanol–water partition coefficient (Wildman–Crippen LogP) is 6.28. The Kier molecular flexibility index (Phi) is 5.39. The van der Waals surface area contributed by atoms with Gasteiger partial charge in [-0.25, -0.2) is 4.98 Å². The van der Waals surface area contributed by atoms with E-state index in [1.165, 1.54) is 11.3 Å². The molecule has 0 unspecified atom stereocenters. The number of amides is 1. The van der Waals surface area contributed by atoms with Crippen molar-refractivity contribution in [3.63, 3.8) is 0 Å². The summed E-state index contributed by atoms with van der Waals surface area (Å²) in [5.74, 6) is -2.87. The molecule has 0 aliphatic carbocycles. The molecule has 9 heteroatoms. The molecule has 0 radical (unpaired) electrons. The van der Waals surface area contributed by atoms with E-state index < -0.39 is 5.76 Å². The number of rotatable bonds is 4. The molecule has 0 atom stereocenters. The fourth-order valence-corrected chi connectivity index (χ4v) is 4.05. The molecule has 1 heterocycles. The third-order valence-corrected chi connectivity index (χ3v) is 5.44. The first-order valence-electron chi connectivity index (χ1n) is 6.54. The minimum absolute atomic E-state index is 0.319. The first-order valence-corrected chi connectivity index (χ1v) is 9.41. The van der Waals surface area contributed by atoms with E-state index in [9.17, 15) is 13.6 Å². The largest absolute Gasteiger partial charge is 0.298 e. The number of carbonyl (C=O) groups is 1. The van der Waals surface area contributed by atoms with Crippen molar-refractivity contribution in [3.05, 3.63) is 51.5 Å². The molecular weight excluding hydrogens is 442 g/mol. The van der Waals surface area contributed by atoms with Crippen LogP contribution in [0.5, 0.6) is 0 Å². The first kappa shape index (κ1) is 17.6. The molecule has 0 aliphatic heterocycles.